The molecule has 0 radical (unpaired) electrons. The second-order valence-electron chi connectivity index (χ2n) is 7.55. The minimum Gasteiger partial charge on any atom is -0.361 e. The molecule has 4 rings (SSSR count). The minimum atomic E-state index is -0.0417. The van der Waals surface area contributed by atoms with Crippen molar-refractivity contribution in [1.29, 1.82) is 0 Å². The second kappa shape index (κ2) is 7.70. The van der Waals surface area contributed by atoms with Gasteiger partial charge in [-0.3, -0.25) is 9.20 Å². The molecule has 4 aromatic rings. The number of anilines is 1. The number of aromatic nitrogens is 5. The number of nitrogens with zero attached hydrogens (tertiary/aromatic N) is 5. The van der Waals surface area contributed by atoms with Crippen LogP contribution in [-0.2, 0) is 11.2 Å². The van der Waals surface area contributed by atoms with Gasteiger partial charge < -0.3 is 9.84 Å². The van der Waals surface area contributed by atoms with Crippen LogP contribution in [0.3, 0.4) is 0 Å². The Kier molecular flexibility index (Phi) is 5.07. The van der Waals surface area contributed by atoms with Gasteiger partial charge in [0, 0.05) is 35.1 Å². The van der Waals surface area contributed by atoms with Gasteiger partial charge in [0.1, 0.15) is 5.76 Å². The quantitative estimate of drug-likeness (QED) is 0.542. The van der Waals surface area contributed by atoms with Crippen molar-refractivity contribution < 1.29 is 9.32 Å². The molecule has 3 aromatic heterocycles. The van der Waals surface area contributed by atoms with Crippen LogP contribution in [0.5, 0.6) is 0 Å². The predicted molar refractivity (Wildman–Crippen MR) is 113 cm³/mol. The molecule has 0 unspecified atom stereocenters. The van der Waals surface area contributed by atoms with Gasteiger partial charge in [0.05, 0.1) is 17.1 Å². The maximum atomic E-state index is 12.4. The molecular weight excluding hydrogens is 380 g/mol. The van der Waals surface area contributed by atoms with Crippen molar-refractivity contribution >= 4 is 17.4 Å². The van der Waals surface area contributed by atoms with Crippen molar-refractivity contribution in [2.24, 2.45) is 0 Å². The highest BCUT2D eigenvalue weighted by Crippen LogP contribution is 2.25. The van der Waals surface area contributed by atoms with Gasteiger partial charge in [-0.2, -0.15) is 5.10 Å². The molecule has 0 atom stereocenters. The topological polar surface area (TPSA) is 98.2 Å². The smallest absolute Gasteiger partial charge is 0.254 e. The number of nitrogens with one attached hydrogen (secondary N) is 1. The van der Waals surface area contributed by atoms with Gasteiger partial charge in [0.2, 0.25) is 5.91 Å². The van der Waals surface area contributed by atoms with Crippen molar-refractivity contribution in [2.45, 2.75) is 47.5 Å². The summed E-state index contributed by atoms with van der Waals surface area (Å²) in [6, 6.07) is 5.88. The highest BCUT2D eigenvalue weighted by molar-refractivity contribution is 5.92. The van der Waals surface area contributed by atoms with Crippen LogP contribution in [0.15, 0.2) is 28.9 Å². The second-order valence-corrected chi connectivity index (χ2v) is 7.55. The first-order valence-corrected chi connectivity index (χ1v) is 9.85. The Balaban J connectivity index is 1.49. The number of aryl methyl sites for hydroxylation is 5. The van der Waals surface area contributed by atoms with E-state index in [0.717, 1.165) is 50.9 Å². The molecule has 0 aliphatic heterocycles. The number of benzene rings is 1. The third-order valence-corrected chi connectivity index (χ3v) is 5.44. The van der Waals surface area contributed by atoms with Gasteiger partial charge in [0.15, 0.2) is 0 Å². The van der Waals surface area contributed by atoms with E-state index in [1.165, 1.54) is 0 Å². The van der Waals surface area contributed by atoms with E-state index < -0.39 is 0 Å². The maximum absolute atomic E-state index is 12.4. The van der Waals surface area contributed by atoms with Crippen LogP contribution in [0.1, 0.15) is 40.4 Å². The van der Waals surface area contributed by atoms with Crippen LogP contribution in [0.4, 0.5) is 5.69 Å². The Morgan fingerprint density at radius 2 is 1.90 bits per heavy atom. The molecule has 0 aliphatic rings. The Hall–Kier alpha value is -3.55. The number of hydrogen-bond donors (Lipinski definition) is 1. The summed E-state index contributed by atoms with van der Waals surface area (Å²) in [6.45, 7) is 9.65. The number of carbonyl (C=O) groups excluding carboxylic acids is 1. The number of amides is 1. The predicted octanol–water partition coefficient (Wildman–Crippen LogP) is 3.89. The molecule has 1 aromatic carbocycles. The van der Waals surface area contributed by atoms with Crippen LogP contribution in [0.2, 0.25) is 0 Å². The van der Waals surface area contributed by atoms with Gasteiger partial charge in [0.25, 0.3) is 5.78 Å². The number of rotatable bonds is 5. The molecule has 154 valence electrons. The number of hydrogen-bond acceptors (Lipinski definition) is 6. The summed E-state index contributed by atoms with van der Waals surface area (Å²) in [5.41, 5.74) is 7.25. The van der Waals surface area contributed by atoms with Crippen LogP contribution < -0.4 is 5.32 Å². The van der Waals surface area contributed by atoms with E-state index in [1.54, 1.807) is 0 Å². The van der Waals surface area contributed by atoms with Crippen LogP contribution >= 0.6 is 0 Å². The fraction of sp³-hybridized carbons (Fsp3) is 0.318. The van der Waals surface area contributed by atoms with E-state index in [0.29, 0.717) is 18.6 Å². The van der Waals surface area contributed by atoms with Crippen LogP contribution in [0, 0.1) is 34.6 Å². The highest BCUT2D eigenvalue weighted by Gasteiger charge is 2.13. The van der Waals surface area contributed by atoms with Crippen molar-refractivity contribution in [3.63, 3.8) is 0 Å². The molecule has 8 nitrogen and oxygen atoms in total. The first kappa shape index (κ1) is 19.8. The number of fused-ring (bicyclic) bond motifs is 1. The minimum absolute atomic E-state index is 0.0417. The Morgan fingerprint density at radius 3 is 2.60 bits per heavy atom. The Bertz CT molecular complexity index is 1230. The fourth-order valence-electron chi connectivity index (χ4n) is 3.47. The molecule has 0 spiro atoms. The third-order valence-electron chi connectivity index (χ3n) is 5.44. The van der Waals surface area contributed by atoms with E-state index >= 15 is 0 Å². The van der Waals surface area contributed by atoms with Crippen molar-refractivity contribution in [3.8, 4) is 11.3 Å². The van der Waals surface area contributed by atoms with Gasteiger partial charge in [-0.1, -0.05) is 11.2 Å². The molecule has 0 saturated heterocycles. The van der Waals surface area contributed by atoms with Crippen molar-refractivity contribution in [1.82, 2.24) is 24.7 Å². The third kappa shape index (κ3) is 3.68. The lowest BCUT2D eigenvalue weighted by Crippen LogP contribution is -2.13. The summed E-state index contributed by atoms with van der Waals surface area (Å²) in [5.74, 6) is 1.30. The number of carbonyl (C=O) groups is 1. The largest absolute Gasteiger partial charge is 0.361 e. The molecular formula is C22H24N6O2. The van der Waals surface area contributed by atoms with Gasteiger partial charge in [-0.15, -0.1) is 5.10 Å². The summed E-state index contributed by atoms with van der Waals surface area (Å²) < 4.78 is 7.10. The molecule has 1 amide bonds. The Morgan fingerprint density at radius 1 is 1.10 bits per heavy atom. The van der Waals surface area contributed by atoms with Crippen molar-refractivity contribution in [3.05, 3.63) is 58.4 Å². The van der Waals surface area contributed by atoms with E-state index in [4.69, 9.17) is 4.52 Å². The molecule has 0 bridgehead atoms. The molecule has 30 heavy (non-hydrogen) atoms. The fourth-order valence-corrected chi connectivity index (χ4v) is 3.47. The zero-order valence-corrected chi connectivity index (χ0v) is 17.8. The summed E-state index contributed by atoms with van der Waals surface area (Å²) in [5, 5.41) is 15.2. The first-order chi connectivity index (χ1) is 14.3. The average Bonchev–Trinajstić information content (AvgIpc) is 3.29. The maximum Gasteiger partial charge on any atom is 0.254 e. The SMILES string of the molecule is Cc1cc(-c2cn3c(C)c(C)nnc3n2)ccc1NC(=O)CCc1c(C)noc1C. The van der Waals surface area contributed by atoms with E-state index in [2.05, 4.69) is 25.7 Å². The zero-order chi connectivity index (χ0) is 21.4. The Labute approximate surface area is 174 Å². The lowest BCUT2D eigenvalue weighted by atomic mass is 10.1. The van der Waals surface area contributed by atoms with E-state index in [-0.39, 0.29) is 5.91 Å². The van der Waals surface area contributed by atoms with E-state index in [9.17, 15) is 4.79 Å². The van der Waals surface area contributed by atoms with Gasteiger partial charge >= 0.3 is 0 Å². The molecule has 0 saturated carbocycles. The molecule has 8 heteroatoms. The lowest BCUT2D eigenvalue weighted by molar-refractivity contribution is -0.116. The van der Waals surface area contributed by atoms with E-state index in [1.807, 2.05) is 63.4 Å². The van der Waals surface area contributed by atoms with Crippen LogP contribution in [-0.4, -0.2) is 30.6 Å². The van der Waals surface area contributed by atoms with Gasteiger partial charge in [-0.25, -0.2) is 4.98 Å². The molecule has 3 heterocycles. The van der Waals surface area contributed by atoms with Gasteiger partial charge in [-0.05, 0) is 58.7 Å². The summed E-state index contributed by atoms with van der Waals surface area (Å²) >= 11 is 0. The standard InChI is InChI=1S/C22H24N6O2/c1-12-10-17(20-11-28-15(4)13(2)25-26-22(28)24-20)6-8-19(12)23-21(29)9-7-18-14(3)27-30-16(18)5/h6,8,10-11H,7,9H2,1-5H3,(H,23,29). The number of imidazole rings is 1. The first-order valence-electron chi connectivity index (χ1n) is 9.85. The summed E-state index contributed by atoms with van der Waals surface area (Å²) in [4.78, 5) is 17.0. The highest BCUT2D eigenvalue weighted by atomic mass is 16.5. The monoisotopic (exact) mass is 404 g/mol. The molecule has 1 N–H and O–H groups in total. The zero-order valence-electron chi connectivity index (χ0n) is 17.8. The lowest BCUT2D eigenvalue weighted by Gasteiger charge is -2.10. The average molecular weight is 404 g/mol. The summed E-state index contributed by atoms with van der Waals surface area (Å²) in [6.07, 6.45) is 2.93. The van der Waals surface area contributed by atoms with Crippen molar-refractivity contribution in [2.75, 3.05) is 5.32 Å². The molecule has 0 aliphatic carbocycles. The van der Waals surface area contributed by atoms with Crippen LogP contribution in [0.25, 0.3) is 17.0 Å². The summed E-state index contributed by atoms with van der Waals surface area (Å²) in [7, 11) is 0. The molecule has 0 fully saturated rings. The normalized spacial score (nSPS) is 11.2.